The fourth-order valence-electron chi connectivity index (χ4n) is 5.15. The Morgan fingerprint density at radius 2 is 1.94 bits per heavy atom. The second-order valence-electron chi connectivity index (χ2n) is 11.9. The van der Waals surface area contributed by atoms with E-state index in [9.17, 15) is 20.2 Å². The first-order valence-electron chi connectivity index (χ1n) is 15.5. The summed E-state index contributed by atoms with van der Waals surface area (Å²) in [4.78, 5) is 36.6. The highest BCUT2D eigenvalue weighted by molar-refractivity contribution is 6.32. The van der Waals surface area contributed by atoms with Gasteiger partial charge in [0.1, 0.15) is 30.7 Å². The molecular formula is C35H35BrClN9O5. The number of carbonyl (C=O) groups is 1. The summed E-state index contributed by atoms with van der Waals surface area (Å²) in [7, 11) is 5.51. The number of halogens is 2. The molecule has 0 unspecified atom stereocenters. The zero-order chi connectivity index (χ0) is 35.8. The number of likely N-dealkylation sites (N-methyl/N-ethyl adjacent to an activating group) is 1. The molecule has 0 aliphatic heterocycles. The minimum absolute atomic E-state index is 0. The van der Waals surface area contributed by atoms with E-state index in [4.69, 9.17) is 21.1 Å². The first-order chi connectivity index (χ1) is 24.0. The molecule has 0 saturated carbocycles. The van der Waals surface area contributed by atoms with Crippen molar-refractivity contribution in [1.29, 1.82) is 5.26 Å². The number of quaternary nitrogens is 1. The maximum absolute atomic E-state index is 13.1. The lowest BCUT2D eigenvalue weighted by atomic mass is 10.1. The molecule has 0 radical (unpaired) electrons. The molecule has 3 aromatic heterocycles. The molecule has 51 heavy (non-hydrogen) atoms. The molecule has 0 aliphatic rings. The van der Waals surface area contributed by atoms with Crippen LogP contribution in [0.2, 0.25) is 5.02 Å². The number of hydrogen-bond donors (Lipinski definition) is 2. The molecule has 0 aliphatic carbocycles. The van der Waals surface area contributed by atoms with Gasteiger partial charge in [-0.05, 0) is 59.3 Å². The summed E-state index contributed by atoms with van der Waals surface area (Å²) >= 11 is 6.56. The highest BCUT2D eigenvalue weighted by Crippen LogP contribution is 2.37. The number of amides is 1. The maximum atomic E-state index is 13.1. The Bertz CT molecular complexity index is 2120. The number of rotatable bonds is 14. The maximum Gasteiger partial charge on any atom is 0.390 e. The van der Waals surface area contributed by atoms with Crippen LogP contribution in [0.1, 0.15) is 23.9 Å². The van der Waals surface area contributed by atoms with Crippen molar-refractivity contribution < 1.29 is 40.7 Å². The normalized spacial score (nSPS) is 11.1. The number of aryl methyl sites for hydroxylation is 1. The average molecular weight is 777 g/mol. The van der Waals surface area contributed by atoms with Crippen LogP contribution in [0, 0.1) is 21.4 Å². The van der Waals surface area contributed by atoms with Crippen LogP contribution in [0.3, 0.4) is 0 Å². The second kappa shape index (κ2) is 16.9. The van der Waals surface area contributed by atoms with Gasteiger partial charge >= 0.3 is 5.82 Å². The number of imidazole rings is 1. The van der Waals surface area contributed by atoms with E-state index < -0.39 is 10.8 Å². The first-order valence-corrected chi connectivity index (χ1v) is 15.9. The predicted octanol–water partition coefficient (Wildman–Crippen LogP) is 3.29. The molecule has 5 aromatic rings. The second-order valence-corrected chi connectivity index (χ2v) is 12.3. The molecule has 2 N–H and O–H groups in total. The van der Waals surface area contributed by atoms with Crippen molar-refractivity contribution in [2.24, 2.45) is 7.05 Å². The van der Waals surface area contributed by atoms with Crippen molar-refractivity contribution in [2.75, 3.05) is 37.9 Å². The van der Waals surface area contributed by atoms with Crippen molar-refractivity contribution in [3.8, 4) is 17.6 Å². The van der Waals surface area contributed by atoms with Crippen LogP contribution in [0.4, 0.5) is 22.9 Å². The summed E-state index contributed by atoms with van der Waals surface area (Å²) in [5, 5.41) is 28.5. The monoisotopic (exact) mass is 775 g/mol. The summed E-state index contributed by atoms with van der Waals surface area (Å²) < 4.78 is 13.6. The largest absolute Gasteiger partial charge is 1.00 e. The molecule has 2 aromatic carbocycles. The van der Waals surface area contributed by atoms with E-state index in [2.05, 4.69) is 31.7 Å². The Kier molecular flexibility index (Phi) is 12.7. The van der Waals surface area contributed by atoms with Crippen molar-refractivity contribution in [3.63, 3.8) is 0 Å². The van der Waals surface area contributed by atoms with Crippen LogP contribution in [0.15, 0.2) is 79.4 Å². The summed E-state index contributed by atoms with van der Waals surface area (Å²) in [5.41, 5.74) is 3.50. The number of nitrogens with one attached hydrogen (secondary N) is 2. The third kappa shape index (κ3) is 9.57. The number of anilines is 3. The molecule has 0 fully saturated rings. The molecule has 0 atom stereocenters. The van der Waals surface area contributed by atoms with Crippen LogP contribution in [0.25, 0.3) is 10.9 Å². The molecule has 1 amide bonds. The fraction of sp³-hybridized carbons (Fsp3) is 0.229. The number of fused-ring (bicyclic) bond motifs is 1. The molecule has 0 spiro atoms. The number of benzene rings is 2. The van der Waals surface area contributed by atoms with Gasteiger partial charge in [0.15, 0.2) is 5.69 Å². The summed E-state index contributed by atoms with van der Waals surface area (Å²) in [5.74, 6) is 0.280. The molecule has 0 bridgehead atoms. The Labute approximate surface area is 309 Å². The van der Waals surface area contributed by atoms with Crippen molar-refractivity contribution >= 4 is 51.3 Å². The van der Waals surface area contributed by atoms with Crippen LogP contribution < -0.4 is 37.1 Å². The Balaban J connectivity index is 0.00000583. The third-order valence-electron chi connectivity index (χ3n) is 7.61. The Hall–Kier alpha value is -5.56. The van der Waals surface area contributed by atoms with E-state index in [0.717, 1.165) is 5.69 Å². The minimum atomic E-state index is -0.500. The molecule has 3 heterocycles. The van der Waals surface area contributed by atoms with Gasteiger partial charge in [-0.25, -0.2) is 0 Å². The molecule has 264 valence electrons. The zero-order valence-electron chi connectivity index (χ0n) is 28.3. The van der Waals surface area contributed by atoms with E-state index in [1.807, 2.05) is 39.2 Å². The zero-order valence-corrected chi connectivity index (χ0v) is 30.6. The number of nitriles is 1. The first kappa shape index (κ1) is 38.2. The number of aromatic nitrogens is 4. The number of nitro groups is 1. The number of carbonyl (C=O) groups excluding carboxylic acids is 1. The highest BCUT2D eigenvalue weighted by Gasteiger charge is 2.27. The molecule has 5 rings (SSSR count). The summed E-state index contributed by atoms with van der Waals surface area (Å²) in [6.07, 6.45) is 7.68. The number of nitrogens with zero attached hydrogens (tertiary/aromatic N) is 7. The topological polar surface area (TPSA) is 170 Å². The Morgan fingerprint density at radius 3 is 2.63 bits per heavy atom. The van der Waals surface area contributed by atoms with Crippen LogP contribution in [-0.2, 0) is 25.0 Å². The minimum Gasteiger partial charge on any atom is -1.00 e. The Morgan fingerprint density at radius 1 is 1.14 bits per heavy atom. The summed E-state index contributed by atoms with van der Waals surface area (Å²) in [6.45, 7) is 3.15. The van der Waals surface area contributed by atoms with Gasteiger partial charge in [-0.1, -0.05) is 17.7 Å². The number of hydrogen-bond acceptors (Lipinski definition) is 10. The van der Waals surface area contributed by atoms with Gasteiger partial charge in [-0.3, -0.25) is 14.8 Å². The van der Waals surface area contributed by atoms with E-state index in [-0.39, 0.29) is 35.0 Å². The summed E-state index contributed by atoms with van der Waals surface area (Å²) in [6, 6.07) is 16.3. The smallest absolute Gasteiger partial charge is 0.390 e. The van der Waals surface area contributed by atoms with Gasteiger partial charge in [0, 0.05) is 42.7 Å². The lowest BCUT2D eigenvalue weighted by molar-refractivity contribution is -0.898. The number of ether oxygens (including phenoxy) is 2. The van der Waals surface area contributed by atoms with Gasteiger partial charge < -0.3 is 56.3 Å². The predicted molar refractivity (Wildman–Crippen MR) is 189 cm³/mol. The quantitative estimate of drug-likeness (QED) is 0.0739. The van der Waals surface area contributed by atoms with E-state index in [1.54, 1.807) is 54.2 Å². The van der Waals surface area contributed by atoms with E-state index in [0.29, 0.717) is 74.4 Å². The lowest BCUT2D eigenvalue weighted by Crippen LogP contribution is -3.00. The standard InChI is InChI=1S/C35H34ClN9O5.BrH/c1-5-49-32-17-28-26(16-29(32)42-33(46)10-8-14-45(3,4)20-30-35(44(47)48)40-22-43(30)2)34(23(18-37)19-39-28)41-24-11-12-31(27(36)15-24)50-21-25-9-6-7-13-38-25;/h6-13,15-17,19,22H,5,14,20-21H2,1-4H3,(H-,39,41,42,46);1H/b10-8+;. The van der Waals surface area contributed by atoms with Crippen molar-refractivity contribution in [2.45, 2.75) is 20.1 Å². The third-order valence-corrected chi connectivity index (χ3v) is 7.90. The van der Waals surface area contributed by atoms with E-state index >= 15 is 0 Å². The highest BCUT2D eigenvalue weighted by atomic mass is 79.9. The van der Waals surface area contributed by atoms with Gasteiger partial charge in [0.05, 0.1) is 60.4 Å². The van der Waals surface area contributed by atoms with Crippen LogP contribution in [0.5, 0.6) is 11.5 Å². The van der Waals surface area contributed by atoms with Crippen molar-refractivity contribution in [1.82, 2.24) is 19.5 Å². The SMILES string of the molecule is CCOc1cc2ncc(C#N)c(Nc3ccc(OCc4ccccn4)c(Cl)c3)c2cc1NC(=O)/C=C/C[N+](C)(C)Cc1c([N+](=O)[O-])ncn1C.[Br-]. The van der Waals surface area contributed by atoms with Crippen LogP contribution in [-0.4, -0.2) is 62.1 Å². The molecule has 14 nitrogen and oxygen atoms in total. The van der Waals surface area contributed by atoms with E-state index in [1.165, 1.54) is 18.6 Å². The van der Waals surface area contributed by atoms with Gasteiger partial charge in [0.25, 0.3) is 0 Å². The van der Waals surface area contributed by atoms with Gasteiger partial charge in [-0.15, -0.1) is 0 Å². The van der Waals surface area contributed by atoms with Gasteiger partial charge in [0.2, 0.25) is 12.2 Å². The molecular weight excluding hydrogens is 742 g/mol. The lowest BCUT2D eigenvalue weighted by Gasteiger charge is -2.28. The average Bonchev–Trinajstić information content (AvgIpc) is 3.44. The van der Waals surface area contributed by atoms with Crippen molar-refractivity contribution in [3.05, 3.63) is 111 Å². The molecule has 0 saturated heterocycles. The van der Waals surface area contributed by atoms with Gasteiger partial charge in [-0.2, -0.15) is 5.26 Å². The van der Waals surface area contributed by atoms with Crippen LogP contribution >= 0.6 is 11.6 Å². The number of pyridine rings is 2. The fourth-order valence-corrected chi connectivity index (χ4v) is 5.39. The molecule has 16 heteroatoms.